The molecule has 1 aromatic heterocycles. The van der Waals surface area contributed by atoms with Crippen LogP contribution in [0, 0.1) is 6.92 Å². The van der Waals surface area contributed by atoms with Gasteiger partial charge in [0.25, 0.3) is 5.91 Å². The quantitative estimate of drug-likeness (QED) is 0.651. The van der Waals surface area contributed by atoms with Crippen molar-refractivity contribution in [2.24, 2.45) is 5.73 Å². The number of para-hydroxylation sites is 1. The third kappa shape index (κ3) is 5.72. The fourth-order valence-corrected chi connectivity index (χ4v) is 4.35. The molecular weight excluding hydrogens is 402 g/mol. The number of aromatic nitrogens is 1. The van der Waals surface area contributed by atoms with Gasteiger partial charge < -0.3 is 10.6 Å². The monoisotopic (exact) mass is 437 g/mol. The van der Waals surface area contributed by atoms with Crippen molar-refractivity contribution in [3.8, 4) is 0 Å². The van der Waals surface area contributed by atoms with E-state index in [0.717, 1.165) is 44.6 Å². The minimum Gasteiger partial charge on any atom is -0.366 e. The molecule has 3 rings (SSSR count). The summed E-state index contributed by atoms with van der Waals surface area (Å²) >= 11 is 0. The summed E-state index contributed by atoms with van der Waals surface area (Å²) in [6.07, 6.45) is 5.09. The minimum absolute atomic E-state index is 0.110. The molecule has 0 bridgehead atoms. The Balaban J connectivity index is 1.92. The second kappa shape index (κ2) is 11.2. The molecule has 32 heavy (non-hydrogen) atoms. The van der Waals surface area contributed by atoms with Gasteiger partial charge in [-0.05, 0) is 63.2 Å². The summed E-state index contributed by atoms with van der Waals surface area (Å²) in [5.74, 6) is -0.184. The van der Waals surface area contributed by atoms with E-state index in [1.807, 2.05) is 19.1 Å². The van der Waals surface area contributed by atoms with Crippen LogP contribution < -0.4 is 10.6 Å². The van der Waals surface area contributed by atoms with Crippen LogP contribution in [0.15, 0.2) is 42.6 Å². The lowest BCUT2D eigenvalue weighted by Gasteiger charge is -2.38. The zero-order chi connectivity index (χ0) is 23.1. The molecule has 2 amide bonds. The van der Waals surface area contributed by atoms with E-state index in [2.05, 4.69) is 28.6 Å². The number of hydrogen-bond donors (Lipinski definition) is 1. The molecule has 1 atom stereocenters. The third-order valence-electron chi connectivity index (χ3n) is 6.24. The Morgan fingerprint density at radius 3 is 2.53 bits per heavy atom. The highest BCUT2D eigenvalue weighted by atomic mass is 16.2. The van der Waals surface area contributed by atoms with Gasteiger partial charge in [-0.15, -0.1) is 0 Å². The van der Waals surface area contributed by atoms with Gasteiger partial charge in [-0.1, -0.05) is 38.5 Å². The minimum atomic E-state index is -0.567. The lowest BCUT2D eigenvalue weighted by atomic mass is 10.0. The number of carbonyl (C=O) groups is 2. The van der Waals surface area contributed by atoms with E-state index < -0.39 is 5.91 Å². The molecule has 1 aromatic carbocycles. The number of carbonyl (C=O) groups excluding carboxylic acids is 2. The molecule has 7 nitrogen and oxygen atoms in total. The molecule has 0 spiro atoms. The van der Waals surface area contributed by atoms with E-state index in [1.165, 1.54) is 6.42 Å². The van der Waals surface area contributed by atoms with E-state index >= 15 is 0 Å². The number of rotatable bonds is 9. The molecule has 0 aliphatic carbocycles. The molecule has 7 heteroatoms. The van der Waals surface area contributed by atoms with Gasteiger partial charge in [-0.2, -0.15) is 0 Å². The number of nitrogens with zero attached hydrogens (tertiary/aromatic N) is 4. The number of likely N-dealkylation sites (N-methyl/N-ethyl adjacent to an activating group) is 1. The summed E-state index contributed by atoms with van der Waals surface area (Å²) in [5.41, 5.74) is 7.41. The van der Waals surface area contributed by atoms with Crippen LogP contribution in [0.5, 0.6) is 0 Å². The van der Waals surface area contributed by atoms with E-state index in [4.69, 9.17) is 5.73 Å². The number of likely N-dealkylation sites (tertiary alicyclic amines) is 1. The number of pyridine rings is 1. The number of nitrogens with two attached hydrogens (primary N) is 1. The van der Waals surface area contributed by atoms with Gasteiger partial charge in [0.15, 0.2) is 0 Å². The van der Waals surface area contributed by atoms with E-state index in [0.29, 0.717) is 23.1 Å². The van der Waals surface area contributed by atoms with Gasteiger partial charge in [0.2, 0.25) is 5.91 Å². The maximum atomic E-state index is 13.7. The van der Waals surface area contributed by atoms with Crippen molar-refractivity contribution in [3.63, 3.8) is 0 Å². The molecule has 2 N–H and O–H groups in total. The molecule has 172 valence electrons. The van der Waals surface area contributed by atoms with Crippen LogP contribution in [-0.2, 0) is 4.79 Å². The zero-order valence-corrected chi connectivity index (χ0v) is 19.5. The van der Waals surface area contributed by atoms with E-state index in [9.17, 15) is 9.59 Å². The van der Waals surface area contributed by atoms with Crippen molar-refractivity contribution in [1.29, 1.82) is 0 Å². The molecule has 1 unspecified atom stereocenters. The topological polar surface area (TPSA) is 82.8 Å². The van der Waals surface area contributed by atoms with Crippen molar-refractivity contribution < 1.29 is 9.59 Å². The summed E-state index contributed by atoms with van der Waals surface area (Å²) in [5, 5.41) is 0. The highest BCUT2D eigenvalue weighted by Crippen LogP contribution is 2.28. The van der Waals surface area contributed by atoms with Crippen LogP contribution in [0.25, 0.3) is 0 Å². The second-order valence-corrected chi connectivity index (χ2v) is 8.41. The fraction of sp³-hybridized carbons (Fsp3) is 0.480. The lowest BCUT2D eigenvalue weighted by Crippen LogP contribution is -2.50. The Labute approximate surface area is 191 Å². The van der Waals surface area contributed by atoms with Gasteiger partial charge in [-0.3, -0.25) is 19.4 Å². The van der Waals surface area contributed by atoms with Crippen molar-refractivity contribution in [1.82, 2.24) is 14.8 Å². The Bertz CT molecular complexity index is 911. The normalized spacial score (nSPS) is 16.8. The first-order chi connectivity index (χ1) is 15.4. The van der Waals surface area contributed by atoms with Crippen LogP contribution in [0.4, 0.5) is 11.5 Å². The van der Waals surface area contributed by atoms with Crippen LogP contribution in [0.1, 0.15) is 49.0 Å². The van der Waals surface area contributed by atoms with Crippen molar-refractivity contribution in [3.05, 3.63) is 53.7 Å². The number of amides is 2. The smallest absolute Gasteiger partial charge is 0.250 e. The molecule has 0 saturated carbocycles. The first kappa shape index (κ1) is 23.9. The van der Waals surface area contributed by atoms with Crippen LogP contribution in [-0.4, -0.2) is 65.4 Å². The maximum Gasteiger partial charge on any atom is 0.250 e. The van der Waals surface area contributed by atoms with E-state index in [1.54, 1.807) is 35.4 Å². The van der Waals surface area contributed by atoms with Crippen molar-refractivity contribution in [2.45, 2.75) is 46.1 Å². The highest BCUT2D eigenvalue weighted by molar-refractivity contribution is 6.07. The molecule has 1 aliphatic rings. The Morgan fingerprint density at radius 2 is 1.88 bits per heavy atom. The van der Waals surface area contributed by atoms with Crippen LogP contribution in [0.3, 0.4) is 0 Å². The average molecular weight is 438 g/mol. The molecule has 1 fully saturated rings. The predicted molar refractivity (Wildman–Crippen MR) is 128 cm³/mol. The molecule has 2 heterocycles. The predicted octanol–water partition coefficient (Wildman–Crippen LogP) is 3.35. The number of hydrogen-bond acceptors (Lipinski definition) is 5. The van der Waals surface area contributed by atoms with Gasteiger partial charge in [0.05, 0.1) is 17.8 Å². The second-order valence-electron chi connectivity index (χ2n) is 8.41. The Hall–Kier alpha value is -2.77. The summed E-state index contributed by atoms with van der Waals surface area (Å²) in [7, 11) is 0. The maximum absolute atomic E-state index is 13.7. The van der Waals surface area contributed by atoms with Gasteiger partial charge in [-0.25, -0.2) is 4.98 Å². The Kier molecular flexibility index (Phi) is 8.36. The van der Waals surface area contributed by atoms with Crippen molar-refractivity contribution in [2.75, 3.05) is 37.6 Å². The largest absolute Gasteiger partial charge is 0.366 e. The number of benzene rings is 1. The zero-order valence-electron chi connectivity index (χ0n) is 19.5. The standard InChI is InChI=1S/C25H35N5O2/c1-4-28(5-2)17-20-10-8-9-15-29(20)18-24(31)30(23-14-13-19(3)16-27-23)22-12-7-6-11-21(22)25(26)32/h6-7,11-14,16,20H,4-5,8-10,15,17-18H2,1-3H3,(H2,26,32). The molecule has 0 radical (unpaired) electrons. The summed E-state index contributed by atoms with van der Waals surface area (Å²) in [4.78, 5) is 36.6. The first-order valence-electron chi connectivity index (χ1n) is 11.5. The van der Waals surface area contributed by atoms with Gasteiger partial charge in [0.1, 0.15) is 5.82 Å². The highest BCUT2D eigenvalue weighted by Gasteiger charge is 2.30. The molecule has 2 aromatic rings. The molecule has 1 aliphatic heterocycles. The Morgan fingerprint density at radius 1 is 1.12 bits per heavy atom. The average Bonchev–Trinajstić information content (AvgIpc) is 2.80. The number of primary amides is 1. The first-order valence-corrected chi connectivity index (χ1v) is 11.5. The van der Waals surface area contributed by atoms with Crippen LogP contribution >= 0.6 is 0 Å². The number of anilines is 2. The van der Waals surface area contributed by atoms with Crippen LogP contribution in [0.2, 0.25) is 0 Å². The number of piperidine rings is 1. The molecular formula is C25H35N5O2. The van der Waals surface area contributed by atoms with Crippen molar-refractivity contribution >= 4 is 23.3 Å². The summed E-state index contributed by atoms with van der Waals surface area (Å²) in [6.45, 7) is 10.4. The van der Waals surface area contributed by atoms with Gasteiger partial charge >= 0.3 is 0 Å². The third-order valence-corrected chi connectivity index (χ3v) is 6.24. The van der Waals surface area contributed by atoms with E-state index in [-0.39, 0.29) is 12.5 Å². The lowest BCUT2D eigenvalue weighted by molar-refractivity contribution is -0.120. The fourth-order valence-electron chi connectivity index (χ4n) is 4.35. The summed E-state index contributed by atoms with van der Waals surface area (Å²) in [6, 6.07) is 11.0. The van der Waals surface area contributed by atoms with Gasteiger partial charge in [0, 0.05) is 18.8 Å². The number of aryl methyl sites for hydroxylation is 1. The SMILES string of the molecule is CCN(CC)CC1CCCCN1CC(=O)N(c1ccc(C)cn1)c1ccccc1C(N)=O. The molecule has 1 saturated heterocycles. The summed E-state index contributed by atoms with van der Waals surface area (Å²) < 4.78 is 0.